The highest BCUT2D eigenvalue weighted by Gasteiger charge is 2.44. The lowest BCUT2D eigenvalue weighted by Gasteiger charge is -2.27. The lowest BCUT2D eigenvalue weighted by atomic mass is 10.0. The van der Waals surface area contributed by atoms with Gasteiger partial charge in [-0.3, -0.25) is 14.4 Å². The molecule has 228 valence electrons. The third-order valence-corrected chi connectivity index (χ3v) is 8.24. The maximum Gasteiger partial charge on any atom is 0.291 e. The fourth-order valence-electron chi connectivity index (χ4n) is 5.75. The van der Waals surface area contributed by atoms with E-state index in [-0.39, 0.29) is 51.5 Å². The van der Waals surface area contributed by atoms with Crippen LogP contribution in [0.2, 0.25) is 5.02 Å². The molecule has 0 spiro atoms. The van der Waals surface area contributed by atoms with Crippen LogP contribution in [0.5, 0.6) is 5.75 Å². The zero-order valence-electron chi connectivity index (χ0n) is 24.7. The molecule has 13 heteroatoms. The van der Waals surface area contributed by atoms with Crippen LogP contribution in [0.1, 0.15) is 21.0 Å². The number of nitrogens with one attached hydrogen (secondary N) is 1. The summed E-state index contributed by atoms with van der Waals surface area (Å²) in [6.07, 6.45) is 1.28. The number of nitrogens with zero attached hydrogens (tertiary/aromatic N) is 5. The van der Waals surface area contributed by atoms with Crippen molar-refractivity contribution in [2.75, 3.05) is 66.3 Å². The maximum absolute atomic E-state index is 14.6. The van der Waals surface area contributed by atoms with Gasteiger partial charge in [-0.05, 0) is 30.3 Å². The van der Waals surface area contributed by atoms with Crippen LogP contribution in [-0.2, 0) is 11.8 Å². The first-order valence-electron chi connectivity index (χ1n) is 13.8. The third-order valence-electron chi connectivity index (χ3n) is 7.93. The van der Waals surface area contributed by atoms with Crippen molar-refractivity contribution in [2.24, 2.45) is 18.9 Å². The molecule has 0 radical (unpaired) electrons. The van der Waals surface area contributed by atoms with Gasteiger partial charge in [0.25, 0.3) is 17.7 Å². The van der Waals surface area contributed by atoms with Crippen LogP contribution in [0.4, 0.5) is 14.5 Å². The molecule has 5 rings (SSSR count). The SMILES string of the molecule is COc1ccc(-c2cnc(C(=O)Nc3ccc(C(=O)N4CC5CN(C(=O)C[N+](C)(C)C)CC5C4)c(Cl)c3)n2C)c(F)c1F. The number of halogens is 3. The number of carbonyl (C=O) groups is 3. The van der Waals surface area contributed by atoms with Gasteiger partial charge < -0.3 is 28.9 Å². The molecule has 2 aliphatic rings. The number of ether oxygens (including phenoxy) is 1. The highest BCUT2D eigenvalue weighted by atomic mass is 35.5. The van der Waals surface area contributed by atoms with Crippen LogP contribution in [0.3, 0.4) is 0 Å². The van der Waals surface area contributed by atoms with Crippen LogP contribution in [0.25, 0.3) is 11.3 Å². The predicted octanol–water partition coefficient (Wildman–Crippen LogP) is 3.52. The van der Waals surface area contributed by atoms with Crippen LogP contribution in [0, 0.1) is 23.5 Å². The Labute approximate surface area is 253 Å². The van der Waals surface area contributed by atoms with Crippen molar-refractivity contribution < 1.29 is 32.4 Å². The van der Waals surface area contributed by atoms with Gasteiger partial charge in [-0.1, -0.05) is 11.6 Å². The molecule has 2 aromatic carbocycles. The van der Waals surface area contributed by atoms with Crippen molar-refractivity contribution in [3.63, 3.8) is 0 Å². The molecule has 0 saturated carbocycles. The summed E-state index contributed by atoms with van der Waals surface area (Å²) in [5.41, 5.74) is 0.767. The van der Waals surface area contributed by atoms with Crippen molar-refractivity contribution in [3.05, 3.63) is 64.6 Å². The van der Waals surface area contributed by atoms with Crippen molar-refractivity contribution in [2.45, 2.75) is 0 Å². The highest BCUT2D eigenvalue weighted by molar-refractivity contribution is 6.34. The molecule has 1 N–H and O–H groups in total. The Kier molecular flexibility index (Phi) is 8.19. The molecule has 1 aromatic heterocycles. The first-order chi connectivity index (χ1) is 20.3. The summed E-state index contributed by atoms with van der Waals surface area (Å²) in [7, 11) is 8.71. The zero-order valence-corrected chi connectivity index (χ0v) is 25.4. The van der Waals surface area contributed by atoms with E-state index in [0.29, 0.717) is 48.5 Å². The van der Waals surface area contributed by atoms with Gasteiger partial charge >= 0.3 is 0 Å². The molecule has 3 amide bonds. The van der Waals surface area contributed by atoms with Crippen molar-refractivity contribution >= 4 is 35.0 Å². The average molecular weight is 616 g/mol. The topological polar surface area (TPSA) is 96.8 Å². The van der Waals surface area contributed by atoms with Gasteiger partial charge in [-0.25, -0.2) is 9.37 Å². The largest absolute Gasteiger partial charge is 0.494 e. The van der Waals surface area contributed by atoms with Crippen molar-refractivity contribution in [1.29, 1.82) is 0 Å². The molecule has 2 aliphatic heterocycles. The molecule has 0 bridgehead atoms. The molecule has 43 heavy (non-hydrogen) atoms. The zero-order chi connectivity index (χ0) is 31.2. The monoisotopic (exact) mass is 615 g/mol. The number of imidazole rings is 1. The van der Waals surface area contributed by atoms with E-state index in [2.05, 4.69) is 10.3 Å². The van der Waals surface area contributed by atoms with Crippen molar-refractivity contribution in [1.82, 2.24) is 19.4 Å². The Morgan fingerprint density at radius 3 is 2.28 bits per heavy atom. The average Bonchev–Trinajstić information content (AvgIpc) is 3.62. The van der Waals surface area contributed by atoms with E-state index >= 15 is 0 Å². The summed E-state index contributed by atoms with van der Waals surface area (Å²) in [6, 6.07) is 7.26. The lowest BCUT2D eigenvalue weighted by molar-refractivity contribution is -0.862. The number of rotatable bonds is 7. The van der Waals surface area contributed by atoms with Crippen LogP contribution in [0.15, 0.2) is 36.5 Å². The summed E-state index contributed by atoms with van der Waals surface area (Å²) in [6.45, 7) is 2.81. The molecule has 2 fully saturated rings. The fraction of sp³-hybridized carbons (Fsp3) is 0.400. The molecule has 3 aromatic rings. The summed E-state index contributed by atoms with van der Waals surface area (Å²) in [5, 5.41) is 2.87. The minimum atomic E-state index is -1.14. The van der Waals surface area contributed by atoms with Gasteiger partial charge in [-0.15, -0.1) is 0 Å². The Balaban J connectivity index is 1.23. The summed E-state index contributed by atoms with van der Waals surface area (Å²) < 4.78 is 35.6. The quantitative estimate of drug-likeness (QED) is 0.411. The fourth-order valence-corrected chi connectivity index (χ4v) is 6.01. The molecule has 2 saturated heterocycles. The number of hydrogen-bond acceptors (Lipinski definition) is 5. The Hall–Kier alpha value is -4.03. The standard InChI is InChI=1S/C30H33ClF2N6O4/c1-36-23(21-8-9-24(43-5)27(33)26(21)32)11-34-28(36)29(41)35-19-6-7-20(22(31)10-19)30(42)38-14-17-12-37(13-18(17)15-38)25(40)16-39(2,3)4/h6-11,17-18H,12-16H2,1-5H3/p+1. The first-order valence-corrected chi connectivity index (χ1v) is 14.2. The first kappa shape index (κ1) is 30.4. The van der Waals surface area contributed by atoms with E-state index in [9.17, 15) is 23.2 Å². The van der Waals surface area contributed by atoms with E-state index in [0.717, 1.165) is 0 Å². The van der Waals surface area contributed by atoms with Gasteiger partial charge in [0.05, 0.1) is 50.7 Å². The third kappa shape index (κ3) is 6.07. The number of hydrogen-bond donors (Lipinski definition) is 1. The van der Waals surface area contributed by atoms with Crippen LogP contribution >= 0.6 is 11.6 Å². The van der Waals surface area contributed by atoms with E-state index < -0.39 is 17.5 Å². The Bertz CT molecular complexity index is 1590. The molecule has 3 heterocycles. The number of carbonyl (C=O) groups excluding carboxylic acids is 3. The predicted molar refractivity (Wildman–Crippen MR) is 157 cm³/mol. The van der Waals surface area contributed by atoms with Gasteiger partial charge in [-0.2, -0.15) is 4.39 Å². The number of amides is 3. The summed E-state index contributed by atoms with van der Waals surface area (Å²) >= 11 is 6.49. The number of benzene rings is 2. The normalized spacial score (nSPS) is 18.1. The summed E-state index contributed by atoms with van der Waals surface area (Å²) in [4.78, 5) is 46.7. The Morgan fingerprint density at radius 1 is 1.02 bits per heavy atom. The van der Waals surface area contributed by atoms with Gasteiger partial charge in [0.1, 0.15) is 0 Å². The van der Waals surface area contributed by atoms with Crippen LogP contribution < -0.4 is 10.1 Å². The van der Waals surface area contributed by atoms with Gasteiger partial charge in [0.2, 0.25) is 5.82 Å². The molecule has 2 unspecified atom stereocenters. The van der Waals surface area contributed by atoms with Crippen LogP contribution in [-0.4, -0.2) is 103 Å². The number of likely N-dealkylation sites (N-methyl/N-ethyl adjacent to an activating group) is 1. The number of aromatic nitrogens is 2. The molecule has 10 nitrogen and oxygen atoms in total. The number of likely N-dealkylation sites (tertiary alicyclic amines) is 2. The minimum Gasteiger partial charge on any atom is -0.494 e. The minimum absolute atomic E-state index is 0.0421. The smallest absolute Gasteiger partial charge is 0.291 e. The van der Waals surface area contributed by atoms with Gasteiger partial charge in [0, 0.05) is 56.3 Å². The second-order valence-electron chi connectivity index (χ2n) is 12.1. The molecular weight excluding hydrogens is 582 g/mol. The molecule has 2 atom stereocenters. The number of methoxy groups -OCH3 is 1. The number of quaternary nitrogens is 1. The molecular formula is C30H34ClF2N6O4+. The summed E-state index contributed by atoms with van der Waals surface area (Å²) in [5.74, 6) is -2.76. The second kappa shape index (κ2) is 11.6. The number of anilines is 1. The lowest BCUT2D eigenvalue weighted by Crippen LogP contribution is -2.46. The number of fused-ring (bicyclic) bond motifs is 1. The maximum atomic E-state index is 14.6. The highest BCUT2D eigenvalue weighted by Crippen LogP contribution is 2.34. The van der Waals surface area contributed by atoms with Gasteiger partial charge in [0.15, 0.2) is 23.9 Å². The van der Waals surface area contributed by atoms with E-state index in [1.165, 1.54) is 43.1 Å². The van der Waals surface area contributed by atoms with Crippen molar-refractivity contribution in [3.8, 4) is 17.0 Å². The van der Waals surface area contributed by atoms with E-state index in [1.807, 2.05) is 26.0 Å². The van der Waals surface area contributed by atoms with E-state index in [4.69, 9.17) is 16.3 Å². The second-order valence-corrected chi connectivity index (χ2v) is 12.5. The Morgan fingerprint density at radius 2 is 1.67 bits per heavy atom. The van der Waals surface area contributed by atoms with E-state index in [1.54, 1.807) is 17.0 Å². The molecule has 0 aliphatic carbocycles.